The molecule has 0 aliphatic heterocycles. The van der Waals surface area contributed by atoms with Gasteiger partial charge in [0, 0.05) is 23.5 Å². The zero-order chi connectivity index (χ0) is 21.5. The highest BCUT2D eigenvalue weighted by molar-refractivity contribution is 6.03. The van der Waals surface area contributed by atoms with Crippen molar-refractivity contribution < 1.29 is 22.4 Å². The molecule has 0 aliphatic carbocycles. The summed E-state index contributed by atoms with van der Waals surface area (Å²) < 4.78 is 55.5. The molecule has 1 N–H and O–H groups in total. The van der Waals surface area contributed by atoms with E-state index in [1.54, 1.807) is 18.2 Å². The number of halogens is 4. The Kier molecular flexibility index (Phi) is 4.72. The van der Waals surface area contributed by atoms with Gasteiger partial charge in [-0.05, 0) is 19.1 Å². The lowest BCUT2D eigenvalue weighted by molar-refractivity contribution is -0.142. The average molecular weight is 418 g/mol. The van der Waals surface area contributed by atoms with Crippen molar-refractivity contribution in [3.63, 3.8) is 0 Å². The number of aromatic nitrogens is 5. The van der Waals surface area contributed by atoms with E-state index in [9.17, 15) is 22.4 Å². The third-order valence-electron chi connectivity index (χ3n) is 4.26. The van der Waals surface area contributed by atoms with Crippen molar-refractivity contribution in [2.75, 3.05) is 5.32 Å². The Morgan fingerprint density at radius 3 is 2.70 bits per heavy atom. The van der Waals surface area contributed by atoms with E-state index < -0.39 is 17.8 Å². The molecule has 3 aromatic heterocycles. The standard InChI is InChI=1S/C19H14F4N6O/c1-11-6-16(19(21,22)23)29-17(25-11)7-15(27-29)18(30)26-13-8-24-28(10-13)9-12-4-2-3-5-14(12)20/h2-8,10H,9H2,1H3,(H,26,30). The lowest BCUT2D eigenvalue weighted by Crippen LogP contribution is -2.15. The van der Waals surface area contributed by atoms with Crippen molar-refractivity contribution in [2.24, 2.45) is 0 Å². The Morgan fingerprint density at radius 1 is 1.20 bits per heavy atom. The van der Waals surface area contributed by atoms with Crippen LogP contribution in [-0.4, -0.2) is 30.3 Å². The number of nitrogens with one attached hydrogen (secondary N) is 1. The van der Waals surface area contributed by atoms with Gasteiger partial charge in [-0.2, -0.15) is 23.4 Å². The highest BCUT2D eigenvalue weighted by Crippen LogP contribution is 2.30. The second kappa shape index (κ2) is 7.25. The number of carbonyl (C=O) groups is 1. The third kappa shape index (κ3) is 3.86. The molecule has 0 unspecified atom stereocenters. The second-order valence-electron chi connectivity index (χ2n) is 6.55. The Morgan fingerprint density at radius 2 is 1.97 bits per heavy atom. The minimum atomic E-state index is -4.65. The molecule has 0 aliphatic rings. The minimum absolute atomic E-state index is 0.0947. The number of benzene rings is 1. The van der Waals surface area contributed by atoms with Crippen LogP contribution in [0.1, 0.15) is 27.4 Å². The van der Waals surface area contributed by atoms with Gasteiger partial charge in [0.05, 0.1) is 18.4 Å². The molecule has 1 amide bonds. The van der Waals surface area contributed by atoms with Gasteiger partial charge in [-0.15, -0.1) is 0 Å². The van der Waals surface area contributed by atoms with Gasteiger partial charge in [-0.3, -0.25) is 9.48 Å². The molecule has 4 rings (SSSR count). The Labute approximate surface area is 167 Å². The van der Waals surface area contributed by atoms with Crippen molar-refractivity contribution in [3.8, 4) is 0 Å². The molecule has 0 saturated carbocycles. The van der Waals surface area contributed by atoms with Crippen LogP contribution in [0.25, 0.3) is 5.65 Å². The second-order valence-corrected chi connectivity index (χ2v) is 6.55. The van der Waals surface area contributed by atoms with Gasteiger partial charge in [-0.25, -0.2) is 13.9 Å². The number of anilines is 1. The maximum Gasteiger partial charge on any atom is 0.433 e. The maximum absolute atomic E-state index is 13.8. The molecule has 0 bridgehead atoms. The van der Waals surface area contributed by atoms with Gasteiger partial charge >= 0.3 is 6.18 Å². The molecule has 154 valence electrons. The summed E-state index contributed by atoms with van der Waals surface area (Å²) in [6.07, 6.45) is -1.83. The number of aryl methyl sites for hydroxylation is 1. The van der Waals surface area contributed by atoms with Crippen LogP contribution >= 0.6 is 0 Å². The van der Waals surface area contributed by atoms with Crippen LogP contribution in [0.4, 0.5) is 23.2 Å². The summed E-state index contributed by atoms with van der Waals surface area (Å²) in [7, 11) is 0. The predicted molar refractivity (Wildman–Crippen MR) is 98.4 cm³/mol. The largest absolute Gasteiger partial charge is 0.433 e. The molecule has 0 atom stereocenters. The van der Waals surface area contributed by atoms with E-state index >= 15 is 0 Å². The van der Waals surface area contributed by atoms with Gasteiger partial charge < -0.3 is 5.32 Å². The zero-order valence-electron chi connectivity index (χ0n) is 15.5. The van der Waals surface area contributed by atoms with E-state index in [0.29, 0.717) is 10.1 Å². The summed E-state index contributed by atoms with van der Waals surface area (Å²) in [5.74, 6) is -1.11. The Bertz CT molecular complexity index is 1240. The molecule has 0 saturated heterocycles. The fourth-order valence-electron chi connectivity index (χ4n) is 2.92. The first kappa shape index (κ1) is 19.6. The number of amides is 1. The summed E-state index contributed by atoms with van der Waals surface area (Å²) in [6.45, 7) is 1.57. The molecule has 0 spiro atoms. The Hall–Kier alpha value is -3.76. The molecular weight excluding hydrogens is 404 g/mol. The highest BCUT2D eigenvalue weighted by atomic mass is 19.4. The van der Waals surface area contributed by atoms with Gasteiger partial charge in [0.2, 0.25) is 0 Å². The average Bonchev–Trinajstić information content (AvgIpc) is 3.28. The van der Waals surface area contributed by atoms with Crippen LogP contribution in [0, 0.1) is 12.7 Å². The van der Waals surface area contributed by atoms with E-state index in [-0.39, 0.29) is 35.1 Å². The number of alkyl halides is 3. The zero-order valence-corrected chi connectivity index (χ0v) is 15.5. The van der Waals surface area contributed by atoms with Crippen LogP contribution in [0.3, 0.4) is 0 Å². The summed E-state index contributed by atoms with van der Waals surface area (Å²) in [5.41, 5.74) is -0.505. The van der Waals surface area contributed by atoms with Crippen molar-refractivity contribution in [1.82, 2.24) is 24.4 Å². The van der Waals surface area contributed by atoms with Crippen LogP contribution < -0.4 is 5.32 Å². The van der Waals surface area contributed by atoms with Gasteiger partial charge in [0.15, 0.2) is 11.3 Å². The predicted octanol–water partition coefficient (Wildman–Crippen LogP) is 3.69. The van der Waals surface area contributed by atoms with Crippen molar-refractivity contribution in [3.05, 3.63) is 77.3 Å². The number of hydrogen-bond donors (Lipinski definition) is 1. The fraction of sp³-hybridized carbons (Fsp3) is 0.158. The smallest absolute Gasteiger partial charge is 0.318 e. The van der Waals surface area contributed by atoms with Crippen molar-refractivity contribution in [2.45, 2.75) is 19.6 Å². The lowest BCUT2D eigenvalue weighted by atomic mass is 10.2. The molecule has 0 fully saturated rings. The molecular formula is C19H14F4N6O. The highest BCUT2D eigenvalue weighted by Gasteiger charge is 2.35. The van der Waals surface area contributed by atoms with E-state index in [1.165, 1.54) is 36.1 Å². The summed E-state index contributed by atoms with van der Waals surface area (Å²) >= 11 is 0. The van der Waals surface area contributed by atoms with Gasteiger partial charge in [0.25, 0.3) is 5.91 Å². The first-order valence-corrected chi connectivity index (χ1v) is 8.72. The quantitative estimate of drug-likeness (QED) is 0.513. The van der Waals surface area contributed by atoms with Crippen LogP contribution in [0.2, 0.25) is 0 Å². The number of hydrogen-bond acceptors (Lipinski definition) is 4. The van der Waals surface area contributed by atoms with Crippen LogP contribution in [0.15, 0.2) is 48.8 Å². The molecule has 30 heavy (non-hydrogen) atoms. The van der Waals surface area contributed by atoms with Crippen molar-refractivity contribution >= 4 is 17.2 Å². The van der Waals surface area contributed by atoms with Gasteiger partial charge in [0.1, 0.15) is 11.5 Å². The minimum Gasteiger partial charge on any atom is -0.318 e. The number of fused-ring (bicyclic) bond motifs is 1. The van der Waals surface area contributed by atoms with Gasteiger partial charge in [-0.1, -0.05) is 18.2 Å². The first-order valence-electron chi connectivity index (χ1n) is 8.72. The lowest BCUT2D eigenvalue weighted by Gasteiger charge is -2.09. The number of carbonyl (C=O) groups excluding carboxylic acids is 1. The third-order valence-corrected chi connectivity index (χ3v) is 4.26. The normalized spacial score (nSPS) is 11.8. The molecule has 11 heteroatoms. The van der Waals surface area contributed by atoms with E-state index in [1.807, 2.05) is 0 Å². The molecule has 3 heterocycles. The topological polar surface area (TPSA) is 77.1 Å². The number of nitrogens with zero attached hydrogens (tertiary/aromatic N) is 5. The van der Waals surface area contributed by atoms with E-state index in [4.69, 9.17) is 0 Å². The fourth-order valence-corrected chi connectivity index (χ4v) is 2.92. The van der Waals surface area contributed by atoms with Crippen LogP contribution in [-0.2, 0) is 12.7 Å². The summed E-state index contributed by atoms with van der Waals surface area (Å²) in [6, 6.07) is 8.23. The SMILES string of the molecule is Cc1cc(C(F)(F)F)n2nc(C(=O)Nc3cnn(Cc4ccccc4F)c3)cc2n1. The maximum atomic E-state index is 13.8. The van der Waals surface area contributed by atoms with E-state index in [0.717, 1.165) is 6.07 Å². The molecule has 0 radical (unpaired) electrons. The van der Waals surface area contributed by atoms with Crippen LogP contribution in [0.5, 0.6) is 0 Å². The van der Waals surface area contributed by atoms with Crippen molar-refractivity contribution in [1.29, 1.82) is 0 Å². The number of rotatable bonds is 4. The Balaban J connectivity index is 1.55. The molecule has 7 nitrogen and oxygen atoms in total. The molecule has 4 aromatic rings. The van der Waals surface area contributed by atoms with E-state index in [2.05, 4.69) is 20.5 Å². The first-order chi connectivity index (χ1) is 14.2. The summed E-state index contributed by atoms with van der Waals surface area (Å²) in [4.78, 5) is 16.4. The molecule has 1 aromatic carbocycles. The summed E-state index contributed by atoms with van der Waals surface area (Å²) in [5, 5.41) is 10.3. The monoisotopic (exact) mass is 418 g/mol.